The second-order valence-electron chi connectivity index (χ2n) is 11.9. The van der Waals surface area contributed by atoms with Crippen LogP contribution in [0.25, 0.3) is 0 Å². The van der Waals surface area contributed by atoms with Crippen LogP contribution in [0.3, 0.4) is 0 Å². The van der Waals surface area contributed by atoms with E-state index in [0.717, 1.165) is 24.0 Å². The number of hydrogen-bond acceptors (Lipinski definition) is 7. The molecule has 1 aromatic carbocycles. The Morgan fingerprint density at radius 2 is 1.90 bits per heavy atom. The number of epoxide rings is 1. The Bertz CT molecular complexity index is 1160. The molecule has 5 N–H and O–H groups in total. The number of allylic oxidation sites excluding steroid dienone is 3. The summed E-state index contributed by atoms with van der Waals surface area (Å²) >= 11 is 0. The summed E-state index contributed by atoms with van der Waals surface area (Å²) in [7, 11) is 0. The van der Waals surface area contributed by atoms with E-state index in [0.29, 0.717) is 25.3 Å². The van der Waals surface area contributed by atoms with E-state index in [-0.39, 0.29) is 48.5 Å². The number of nitrogens with one attached hydrogen (secondary N) is 2. The summed E-state index contributed by atoms with van der Waals surface area (Å²) < 4.78 is 18.1. The number of rotatable bonds is 11. The zero-order valence-corrected chi connectivity index (χ0v) is 25.1. The summed E-state index contributed by atoms with van der Waals surface area (Å²) in [6.07, 6.45) is 11.5. The van der Waals surface area contributed by atoms with Crippen molar-refractivity contribution in [3.8, 4) is 0 Å². The number of nitrogens with two attached hydrogens (primary N) is 1. The van der Waals surface area contributed by atoms with Gasteiger partial charge in [0.1, 0.15) is 17.8 Å². The maximum atomic E-state index is 12.7. The largest absolute Gasteiger partial charge is 0.399 e. The van der Waals surface area contributed by atoms with Gasteiger partial charge in [0.15, 0.2) is 0 Å². The molecule has 3 fully saturated rings. The van der Waals surface area contributed by atoms with Crippen molar-refractivity contribution in [2.75, 3.05) is 12.3 Å². The lowest BCUT2D eigenvalue weighted by Gasteiger charge is -2.39. The zero-order valence-electron chi connectivity index (χ0n) is 25.1. The van der Waals surface area contributed by atoms with E-state index in [9.17, 15) is 14.7 Å². The van der Waals surface area contributed by atoms with Crippen LogP contribution in [0, 0.1) is 12.3 Å². The van der Waals surface area contributed by atoms with Gasteiger partial charge >= 0.3 is 0 Å². The van der Waals surface area contributed by atoms with E-state index in [2.05, 4.69) is 23.6 Å². The van der Waals surface area contributed by atoms with Crippen LogP contribution < -0.4 is 16.4 Å². The number of aliphatic hydroxyl groups is 1. The molecule has 1 spiro atoms. The first kappa shape index (κ1) is 31.9. The first-order chi connectivity index (χ1) is 20.1. The minimum atomic E-state index is -0.796. The summed E-state index contributed by atoms with van der Waals surface area (Å²) in [5, 5.41) is 16.9. The van der Waals surface area contributed by atoms with Gasteiger partial charge in [-0.15, -0.1) is 0 Å². The summed E-state index contributed by atoms with van der Waals surface area (Å²) in [4.78, 5) is 24.8. The number of benzene rings is 1. The van der Waals surface area contributed by atoms with Crippen LogP contribution in [0.5, 0.6) is 0 Å². The molecule has 0 bridgehead atoms. The zero-order chi connectivity index (χ0) is 30.3. The van der Waals surface area contributed by atoms with Crippen LogP contribution in [0.15, 0.2) is 60.2 Å². The normalized spacial score (nSPS) is 33.3. The van der Waals surface area contributed by atoms with Crippen LogP contribution in [0.2, 0.25) is 0 Å². The molecule has 1 aromatic rings. The predicted octanol–water partition coefficient (Wildman–Crippen LogP) is 3.53. The monoisotopic (exact) mass is 580 g/mol. The number of carbonyl (C=O) groups is 2. The molecule has 3 aliphatic heterocycles. The first-order valence-corrected chi connectivity index (χ1v) is 14.9. The molecule has 1 radical (unpaired) electrons. The number of anilines is 1. The van der Waals surface area contributed by atoms with Gasteiger partial charge in [0.2, 0.25) is 11.8 Å². The highest BCUT2D eigenvalue weighted by Crippen LogP contribution is 2.43. The van der Waals surface area contributed by atoms with Crippen molar-refractivity contribution in [2.45, 2.75) is 102 Å². The van der Waals surface area contributed by atoms with Gasteiger partial charge in [-0.2, -0.15) is 0 Å². The van der Waals surface area contributed by atoms with Gasteiger partial charge in [-0.05, 0) is 62.8 Å². The van der Waals surface area contributed by atoms with Gasteiger partial charge < -0.3 is 35.7 Å². The number of amides is 2. The van der Waals surface area contributed by atoms with Gasteiger partial charge in [-0.1, -0.05) is 55.9 Å². The maximum Gasteiger partial charge on any atom is 0.243 e. The van der Waals surface area contributed by atoms with Gasteiger partial charge in [-0.3, -0.25) is 9.59 Å². The number of hydrogen-bond donors (Lipinski definition) is 4. The molecule has 8 atom stereocenters. The summed E-state index contributed by atoms with van der Waals surface area (Å²) in [6, 6.07) is 7.36. The highest BCUT2D eigenvalue weighted by atomic mass is 16.6. The SMILES string of the molecule is C[CH]/C=C\C(=O)N[C@@H]1C[C@H](C)[C@H](C/C=C(C)/C=C/[C@H]2O[C@H](CC(=O)NCc3ccc(N)cc3)C[C@@]3(CO3)[C@@H]2O)O[C@@H]1C. The van der Waals surface area contributed by atoms with Crippen molar-refractivity contribution in [1.82, 2.24) is 10.6 Å². The number of nitrogen functional groups attached to an aromatic ring is 1. The number of carbonyl (C=O) groups excluding carboxylic acids is 2. The van der Waals surface area contributed by atoms with Gasteiger partial charge in [0, 0.05) is 18.7 Å². The molecule has 9 heteroatoms. The molecule has 0 aliphatic carbocycles. The van der Waals surface area contributed by atoms with E-state index in [1.807, 2.05) is 63.6 Å². The molecule has 3 saturated heterocycles. The standard InChI is InChI=1S/C33H46N3O6/c1-5-6-7-30(37)36-27-16-22(3)28(41-23(27)4)14-8-21(2)9-15-29-32(39)33(20-40-33)18-26(42-29)17-31(38)35-19-24-10-12-25(34)13-11-24/h5-13,15,22-23,26-29,32,39H,14,16-20,34H2,1-4H3,(H,35,38)(H,36,37)/b7-6-,15-9+,21-8+/t22-,23+,26+,27+,28-,29+,32+,33+/m0/s1. The Morgan fingerprint density at radius 1 is 1.17 bits per heavy atom. The Kier molecular flexibility index (Phi) is 11.0. The van der Waals surface area contributed by atoms with Crippen molar-refractivity contribution in [2.24, 2.45) is 5.92 Å². The van der Waals surface area contributed by atoms with Crippen molar-refractivity contribution in [3.05, 3.63) is 72.2 Å². The van der Waals surface area contributed by atoms with Gasteiger partial charge in [0.25, 0.3) is 0 Å². The van der Waals surface area contributed by atoms with E-state index >= 15 is 0 Å². The maximum absolute atomic E-state index is 12.7. The van der Waals surface area contributed by atoms with Crippen LogP contribution in [0.1, 0.15) is 58.9 Å². The molecular weight excluding hydrogens is 534 g/mol. The molecule has 3 aliphatic rings. The lowest BCUT2D eigenvalue weighted by Crippen LogP contribution is -2.50. The number of aliphatic hydroxyl groups excluding tert-OH is 1. The summed E-state index contributed by atoms with van der Waals surface area (Å²) in [5.41, 5.74) is 7.76. The Hall–Kier alpha value is -2.98. The van der Waals surface area contributed by atoms with Crippen molar-refractivity contribution >= 4 is 17.5 Å². The average Bonchev–Trinajstić information content (AvgIpc) is 3.73. The third-order valence-electron chi connectivity index (χ3n) is 8.38. The second kappa shape index (κ2) is 14.5. The summed E-state index contributed by atoms with van der Waals surface area (Å²) in [6.45, 7) is 8.91. The highest BCUT2D eigenvalue weighted by molar-refractivity contribution is 5.87. The van der Waals surface area contributed by atoms with Crippen molar-refractivity contribution in [1.29, 1.82) is 0 Å². The van der Waals surface area contributed by atoms with E-state index in [1.54, 1.807) is 6.08 Å². The quantitative estimate of drug-likeness (QED) is 0.136. The van der Waals surface area contributed by atoms with Crippen molar-refractivity contribution < 1.29 is 28.9 Å². The smallest absolute Gasteiger partial charge is 0.243 e. The third kappa shape index (κ3) is 8.77. The van der Waals surface area contributed by atoms with Crippen LogP contribution in [-0.4, -0.2) is 65.7 Å². The lowest BCUT2D eigenvalue weighted by molar-refractivity contribution is -0.145. The molecule has 229 valence electrons. The van der Waals surface area contributed by atoms with E-state index in [4.69, 9.17) is 19.9 Å². The minimum absolute atomic E-state index is 0.0233. The fourth-order valence-corrected chi connectivity index (χ4v) is 5.66. The van der Waals surface area contributed by atoms with Gasteiger partial charge in [0.05, 0.1) is 37.4 Å². The summed E-state index contributed by atoms with van der Waals surface area (Å²) in [5.74, 6) is 0.0616. The van der Waals surface area contributed by atoms with Crippen LogP contribution in [-0.2, 0) is 30.3 Å². The lowest BCUT2D eigenvalue weighted by atomic mass is 9.87. The van der Waals surface area contributed by atoms with Gasteiger partial charge in [-0.25, -0.2) is 0 Å². The fourth-order valence-electron chi connectivity index (χ4n) is 5.66. The molecule has 4 rings (SSSR count). The van der Waals surface area contributed by atoms with Crippen LogP contribution in [0.4, 0.5) is 5.69 Å². The number of ether oxygens (including phenoxy) is 3. The second-order valence-corrected chi connectivity index (χ2v) is 11.9. The third-order valence-corrected chi connectivity index (χ3v) is 8.38. The molecular formula is C33H46N3O6. The molecule has 0 unspecified atom stereocenters. The van der Waals surface area contributed by atoms with E-state index < -0.39 is 17.8 Å². The Balaban J connectivity index is 1.27. The molecule has 9 nitrogen and oxygen atoms in total. The Labute approximate surface area is 249 Å². The topological polar surface area (TPSA) is 135 Å². The van der Waals surface area contributed by atoms with E-state index in [1.165, 1.54) is 6.08 Å². The molecule has 42 heavy (non-hydrogen) atoms. The van der Waals surface area contributed by atoms with Crippen LogP contribution >= 0.6 is 0 Å². The molecule has 0 saturated carbocycles. The minimum Gasteiger partial charge on any atom is -0.399 e. The fraction of sp³-hybridized carbons (Fsp3) is 0.545. The predicted molar refractivity (Wildman–Crippen MR) is 162 cm³/mol. The highest BCUT2D eigenvalue weighted by Gasteiger charge is 2.58. The molecule has 3 heterocycles. The average molecular weight is 581 g/mol. The Morgan fingerprint density at radius 3 is 2.60 bits per heavy atom. The molecule has 0 aromatic heterocycles. The van der Waals surface area contributed by atoms with Crippen molar-refractivity contribution in [3.63, 3.8) is 0 Å². The molecule has 2 amide bonds. The first-order valence-electron chi connectivity index (χ1n) is 14.9.